The Hall–Kier alpha value is -0.770. The number of nitrogen functional groups attached to an aromatic ring is 1. The van der Waals surface area contributed by atoms with Gasteiger partial charge in [0.15, 0.2) is 0 Å². The van der Waals surface area contributed by atoms with Crippen molar-refractivity contribution in [3.8, 4) is 0 Å². The largest absolute Gasteiger partial charge is 0.395 e. The van der Waals surface area contributed by atoms with Crippen LogP contribution in [0.15, 0.2) is 11.4 Å². The first-order chi connectivity index (χ1) is 5.66. The molecule has 1 heterocycles. The van der Waals surface area contributed by atoms with Gasteiger partial charge in [-0.1, -0.05) is 13.8 Å². The van der Waals surface area contributed by atoms with E-state index >= 15 is 0 Å². The third-order valence-corrected chi connectivity index (χ3v) is 2.33. The van der Waals surface area contributed by atoms with Crippen LogP contribution in [0.25, 0.3) is 0 Å². The normalized spacial score (nSPS) is 10.7. The van der Waals surface area contributed by atoms with Crippen LogP contribution in [0.4, 0.5) is 5.69 Å². The molecule has 12 heavy (non-hydrogen) atoms. The van der Waals surface area contributed by atoms with Crippen LogP contribution in [0, 0.1) is 0 Å². The van der Waals surface area contributed by atoms with E-state index in [1.165, 1.54) is 0 Å². The third kappa shape index (κ3) is 1.69. The SMILES string of the molecule is CSc1ncnc(C(C)C)c1N. The Labute approximate surface area is 76.8 Å². The second kappa shape index (κ2) is 3.76. The van der Waals surface area contributed by atoms with Gasteiger partial charge in [0, 0.05) is 0 Å². The Morgan fingerprint density at radius 2 is 2.08 bits per heavy atom. The molecule has 0 saturated heterocycles. The monoisotopic (exact) mass is 183 g/mol. The molecule has 0 radical (unpaired) electrons. The minimum atomic E-state index is 0.360. The quantitative estimate of drug-likeness (QED) is 0.562. The first-order valence-corrected chi connectivity index (χ1v) is 5.03. The number of aromatic nitrogens is 2. The number of nitrogens with zero attached hydrogens (tertiary/aromatic N) is 2. The maximum atomic E-state index is 5.85. The van der Waals surface area contributed by atoms with E-state index < -0.39 is 0 Å². The minimum Gasteiger partial charge on any atom is -0.395 e. The number of rotatable bonds is 2. The Morgan fingerprint density at radius 1 is 1.42 bits per heavy atom. The zero-order valence-corrected chi connectivity index (χ0v) is 8.35. The first-order valence-electron chi connectivity index (χ1n) is 3.81. The van der Waals surface area contributed by atoms with E-state index in [-0.39, 0.29) is 0 Å². The van der Waals surface area contributed by atoms with Crippen molar-refractivity contribution < 1.29 is 0 Å². The molecule has 4 heteroatoms. The van der Waals surface area contributed by atoms with Crippen LogP contribution in [-0.4, -0.2) is 16.2 Å². The van der Waals surface area contributed by atoms with Crippen molar-refractivity contribution in [3.05, 3.63) is 12.0 Å². The number of nitrogens with two attached hydrogens (primary N) is 1. The molecule has 66 valence electrons. The average molecular weight is 183 g/mol. The molecule has 0 aliphatic heterocycles. The molecule has 0 amide bonds. The maximum Gasteiger partial charge on any atom is 0.122 e. The lowest BCUT2D eigenvalue weighted by atomic mass is 10.1. The third-order valence-electron chi connectivity index (χ3n) is 1.62. The standard InChI is InChI=1S/C8H13N3S/c1-5(2)7-6(9)8(12-3)11-4-10-7/h4-5H,9H2,1-3H3. The van der Waals surface area contributed by atoms with Gasteiger partial charge in [0.05, 0.1) is 11.4 Å². The molecule has 3 nitrogen and oxygen atoms in total. The van der Waals surface area contributed by atoms with Crippen molar-refractivity contribution in [3.63, 3.8) is 0 Å². The van der Waals surface area contributed by atoms with Gasteiger partial charge in [-0.05, 0) is 12.2 Å². The number of hydrogen-bond donors (Lipinski definition) is 1. The van der Waals surface area contributed by atoms with Crippen molar-refractivity contribution in [1.82, 2.24) is 9.97 Å². The zero-order chi connectivity index (χ0) is 9.14. The summed E-state index contributed by atoms with van der Waals surface area (Å²) < 4.78 is 0. The van der Waals surface area contributed by atoms with E-state index in [1.54, 1.807) is 18.1 Å². The molecule has 1 aromatic heterocycles. The summed E-state index contributed by atoms with van der Waals surface area (Å²) in [7, 11) is 0. The highest BCUT2D eigenvalue weighted by atomic mass is 32.2. The van der Waals surface area contributed by atoms with E-state index in [2.05, 4.69) is 23.8 Å². The van der Waals surface area contributed by atoms with Crippen molar-refractivity contribution in [1.29, 1.82) is 0 Å². The summed E-state index contributed by atoms with van der Waals surface area (Å²) in [6.07, 6.45) is 3.53. The Bertz CT molecular complexity index is 273. The molecule has 1 aromatic rings. The molecule has 0 aliphatic rings. The highest BCUT2D eigenvalue weighted by molar-refractivity contribution is 7.98. The van der Waals surface area contributed by atoms with Gasteiger partial charge in [-0.2, -0.15) is 0 Å². The molecule has 2 N–H and O–H groups in total. The molecule has 0 saturated carbocycles. The topological polar surface area (TPSA) is 51.8 Å². The molecular weight excluding hydrogens is 170 g/mol. The van der Waals surface area contributed by atoms with Gasteiger partial charge in [0.25, 0.3) is 0 Å². The van der Waals surface area contributed by atoms with E-state index in [0.717, 1.165) is 16.4 Å². The molecule has 0 fully saturated rings. The number of thioether (sulfide) groups is 1. The summed E-state index contributed by atoms with van der Waals surface area (Å²) in [5.74, 6) is 0.360. The summed E-state index contributed by atoms with van der Waals surface area (Å²) in [5.41, 5.74) is 7.51. The second-order valence-electron chi connectivity index (χ2n) is 2.84. The molecule has 0 aromatic carbocycles. The number of hydrogen-bond acceptors (Lipinski definition) is 4. The van der Waals surface area contributed by atoms with Gasteiger partial charge in [-0.25, -0.2) is 9.97 Å². The molecule has 0 bridgehead atoms. The van der Waals surface area contributed by atoms with Gasteiger partial charge in [0.1, 0.15) is 11.4 Å². The Kier molecular flexibility index (Phi) is 2.92. The lowest BCUT2D eigenvalue weighted by Crippen LogP contribution is -2.02. The highest BCUT2D eigenvalue weighted by Gasteiger charge is 2.09. The van der Waals surface area contributed by atoms with Gasteiger partial charge >= 0.3 is 0 Å². The summed E-state index contributed by atoms with van der Waals surface area (Å²) in [5, 5.41) is 0.869. The first kappa shape index (κ1) is 9.32. The van der Waals surface area contributed by atoms with Crippen LogP contribution in [-0.2, 0) is 0 Å². The van der Waals surface area contributed by atoms with E-state index in [1.807, 2.05) is 6.26 Å². The maximum absolute atomic E-state index is 5.85. The highest BCUT2D eigenvalue weighted by Crippen LogP contribution is 2.26. The van der Waals surface area contributed by atoms with Crippen LogP contribution in [0.5, 0.6) is 0 Å². The fourth-order valence-corrected chi connectivity index (χ4v) is 1.49. The summed E-state index contributed by atoms with van der Waals surface area (Å²) in [6, 6.07) is 0. The van der Waals surface area contributed by atoms with E-state index in [0.29, 0.717) is 5.92 Å². The van der Waals surface area contributed by atoms with Crippen molar-refractivity contribution in [2.24, 2.45) is 0 Å². The predicted molar refractivity (Wildman–Crippen MR) is 52.3 cm³/mol. The second-order valence-corrected chi connectivity index (χ2v) is 3.63. The van der Waals surface area contributed by atoms with Gasteiger partial charge < -0.3 is 5.73 Å². The Balaban J connectivity index is 3.14. The van der Waals surface area contributed by atoms with Crippen LogP contribution >= 0.6 is 11.8 Å². The van der Waals surface area contributed by atoms with Crippen molar-refractivity contribution in [2.45, 2.75) is 24.8 Å². The van der Waals surface area contributed by atoms with E-state index in [9.17, 15) is 0 Å². The summed E-state index contributed by atoms with van der Waals surface area (Å²) in [6.45, 7) is 4.14. The van der Waals surface area contributed by atoms with Gasteiger partial charge in [0.2, 0.25) is 0 Å². The average Bonchev–Trinajstić information content (AvgIpc) is 2.04. The molecule has 0 unspecified atom stereocenters. The van der Waals surface area contributed by atoms with Crippen LogP contribution in [0.2, 0.25) is 0 Å². The fourth-order valence-electron chi connectivity index (χ4n) is 1.01. The molecule has 0 spiro atoms. The molecule has 0 aliphatic carbocycles. The van der Waals surface area contributed by atoms with Crippen molar-refractivity contribution >= 4 is 17.4 Å². The zero-order valence-electron chi connectivity index (χ0n) is 7.53. The van der Waals surface area contributed by atoms with Gasteiger partial charge in [-0.15, -0.1) is 11.8 Å². The van der Waals surface area contributed by atoms with Crippen molar-refractivity contribution in [2.75, 3.05) is 12.0 Å². The predicted octanol–water partition coefficient (Wildman–Crippen LogP) is 1.90. The lowest BCUT2D eigenvalue weighted by Gasteiger charge is -2.09. The molecular formula is C8H13N3S. The summed E-state index contributed by atoms with van der Waals surface area (Å²) >= 11 is 1.55. The minimum absolute atomic E-state index is 0.360. The van der Waals surface area contributed by atoms with Crippen LogP contribution in [0.3, 0.4) is 0 Å². The lowest BCUT2D eigenvalue weighted by molar-refractivity contribution is 0.806. The van der Waals surface area contributed by atoms with E-state index in [4.69, 9.17) is 5.73 Å². The molecule has 0 atom stereocenters. The smallest absolute Gasteiger partial charge is 0.122 e. The van der Waals surface area contributed by atoms with Gasteiger partial charge in [-0.3, -0.25) is 0 Å². The fraction of sp³-hybridized carbons (Fsp3) is 0.500. The van der Waals surface area contributed by atoms with Crippen LogP contribution < -0.4 is 5.73 Å². The number of anilines is 1. The Morgan fingerprint density at radius 3 is 2.58 bits per heavy atom. The van der Waals surface area contributed by atoms with Crippen LogP contribution in [0.1, 0.15) is 25.5 Å². The molecule has 1 rings (SSSR count). The summed E-state index contributed by atoms with van der Waals surface area (Å²) in [4.78, 5) is 8.20.